The monoisotopic (exact) mass is 334 g/mol. The highest BCUT2D eigenvalue weighted by Gasteiger charge is 2.22. The summed E-state index contributed by atoms with van der Waals surface area (Å²) in [6, 6.07) is 8.51. The summed E-state index contributed by atoms with van der Waals surface area (Å²) >= 11 is 3.43. The van der Waals surface area contributed by atoms with Crippen molar-refractivity contribution in [1.29, 1.82) is 0 Å². The van der Waals surface area contributed by atoms with Gasteiger partial charge < -0.3 is 10.5 Å². The minimum atomic E-state index is 0. The number of rotatable bonds is 5. The van der Waals surface area contributed by atoms with E-state index >= 15 is 0 Å². The minimum absolute atomic E-state index is 0. The summed E-state index contributed by atoms with van der Waals surface area (Å²) in [6.45, 7) is 3.61. The van der Waals surface area contributed by atoms with Gasteiger partial charge in [0.15, 0.2) is 0 Å². The van der Waals surface area contributed by atoms with Crippen molar-refractivity contribution in [1.82, 2.24) is 4.90 Å². The third-order valence-corrected chi connectivity index (χ3v) is 3.71. The van der Waals surface area contributed by atoms with E-state index in [1.54, 1.807) is 0 Å². The van der Waals surface area contributed by atoms with Gasteiger partial charge in [-0.1, -0.05) is 22.0 Å². The van der Waals surface area contributed by atoms with E-state index < -0.39 is 0 Å². The molecule has 0 aliphatic carbocycles. The topological polar surface area (TPSA) is 38.5 Å². The molecule has 18 heavy (non-hydrogen) atoms. The molecule has 1 unspecified atom stereocenters. The number of likely N-dealkylation sites (tertiary alicyclic amines) is 1. The Bertz CT molecular complexity index is 365. The summed E-state index contributed by atoms with van der Waals surface area (Å²) in [4.78, 5) is 2.43. The summed E-state index contributed by atoms with van der Waals surface area (Å²) < 4.78 is 6.78. The number of nitrogens with zero attached hydrogens (tertiary/aromatic N) is 1. The molecule has 102 valence electrons. The number of benzene rings is 1. The summed E-state index contributed by atoms with van der Waals surface area (Å²) in [5.74, 6) is 0.919. The Hall–Kier alpha value is -0.290. The van der Waals surface area contributed by atoms with Crippen molar-refractivity contribution in [2.24, 2.45) is 5.73 Å². The molecule has 0 saturated carbocycles. The molecule has 2 N–H and O–H groups in total. The van der Waals surface area contributed by atoms with Gasteiger partial charge in [0.05, 0.1) is 0 Å². The number of hydrogen-bond donors (Lipinski definition) is 1. The van der Waals surface area contributed by atoms with Crippen molar-refractivity contribution in [2.75, 3.05) is 26.2 Å². The Labute approximate surface area is 123 Å². The molecule has 0 spiro atoms. The van der Waals surface area contributed by atoms with Gasteiger partial charge in [-0.05, 0) is 37.6 Å². The van der Waals surface area contributed by atoms with Crippen LogP contribution in [0.2, 0.25) is 0 Å². The first-order valence-corrected chi connectivity index (χ1v) is 6.91. The lowest BCUT2D eigenvalue weighted by Crippen LogP contribution is -2.37. The fourth-order valence-electron chi connectivity index (χ4n) is 2.29. The van der Waals surface area contributed by atoms with E-state index in [-0.39, 0.29) is 12.4 Å². The van der Waals surface area contributed by atoms with Gasteiger partial charge in [-0.2, -0.15) is 0 Å². The first-order chi connectivity index (χ1) is 8.29. The molecule has 0 bridgehead atoms. The number of halogens is 2. The smallest absolute Gasteiger partial charge is 0.120 e. The minimum Gasteiger partial charge on any atom is -0.492 e. The van der Waals surface area contributed by atoms with Crippen molar-refractivity contribution in [3.63, 3.8) is 0 Å². The average Bonchev–Trinajstić information content (AvgIpc) is 2.77. The van der Waals surface area contributed by atoms with E-state index in [1.807, 2.05) is 24.3 Å². The summed E-state index contributed by atoms with van der Waals surface area (Å²) in [5.41, 5.74) is 5.74. The molecule has 1 fully saturated rings. The van der Waals surface area contributed by atoms with Gasteiger partial charge >= 0.3 is 0 Å². The molecule has 1 aromatic rings. The van der Waals surface area contributed by atoms with Crippen molar-refractivity contribution in [3.05, 3.63) is 28.7 Å². The van der Waals surface area contributed by atoms with E-state index in [9.17, 15) is 0 Å². The maximum absolute atomic E-state index is 5.74. The Morgan fingerprint density at radius 2 is 2.28 bits per heavy atom. The van der Waals surface area contributed by atoms with E-state index in [0.717, 1.165) is 36.5 Å². The van der Waals surface area contributed by atoms with Crippen molar-refractivity contribution >= 4 is 28.3 Å². The molecule has 0 amide bonds. The van der Waals surface area contributed by atoms with E-state index in [4.69, 9.17) is 10.5 Å². The van der Waals surface area contributed by atoms with Crippen LogP contribution in [0.5, 0.6) is 5.75 Å². The second-order valence-electron chi connectivity index (χ2n) is 4.37. The molecule has 2 rings (SSSR count). The molecular weight excluding hydrogens is 316 g/mol. The van der Waals surface area contributed by atoms with Crippen LogP contribution in [0.25, 0.3) is 0 Å². The predicted molar refractivity (Wildman–Crippen MR) is 80.5 cm³/mol. The molecule has 5 heteroatoms. The van der Waals surface area contributed by atoms with Crippen LogP contribution in [-0.2, 0) is 0 Å². The number of nitrogens with two attached hydrogens (primary N) is 1. The zero-order valence-corrected chi connectivity index (χ0v) is 12.8. The molecule has 0 aromatic heterocycles. The molecule has 1 heterocycles. The summed E-state index contributed by atoms with van der Waals surface area (Å²) in [7, 11) is 0. The van der Waals surface area contributed by atoms with Crippen molar-refractivity contribution in [2.45, 2.75) is 18.9 Å². The van der Waals surface area contributed by atoms with Crippen LogP contribution in [0.15, 0.2) is 28.7 Å². The summed E-state index contributed by atoms with van der Waals surface area (Å²) in [6.07, 6.45) is 2.49. The van der Waals surface area contributed by atoms with Gasteiger partial charge in [-0.15, -0.1) is 12.4 Å². The standard InChI is InChI=1S/C13H19BrN2O.ClH/c14-11-3-1-5-13(9-11)17-8-7-16-6-2-4-12(16)10-15;/h1,3,5,9,12H,2,4,6-8,10,15H2;1H. The first-order valence-electron chi connectivity index (χ1n) is 6.12. The zero-order valence-electron chi connectivity index (χ0n) is 10.3. The van der Waals surface area contributed by atoms with Crippen LogP contribution >= 0.6 is 28.3 Å². The second-order valence-corrected chi connectivity index (χ2v) is 5.29. The molecular formula is C13H20BrClN2O. The molecule has 0 radical (unpaired) electrons. The van der Waals surface area contributed by atoms with Gasteiger partial charge in [0.1, 0.15) is 12.4 Å². The second kappa shape index (κ2) is 8.00. The highest BCUT2D eigenvalue weighted by Crippen LogP contribution is 2.19. The van der Waals surface area contributed by atoms with Gasteiger partial charge in [0, 0.05) is 23.6 Å². The fraction of sp³-hybridized carbons (Fsp3) is 0.538. The lowest BCUT2D eigenvalue weighted by Gasteiger charge is -2.22. The van der Waals surface area contributed by atoms with Gasteiger partial charge in [0.2, 0.25) is 0 Å². The Morgan fingerprint density at radius 3 is 3.00 bits per heavy atom. The van der Waals surface area contributed by atoms with Gasteiger partial charge in [-0.3, -0.25) is 4.90 Å². The highest BCUT2D eigenvalue weighted by atomic mass is 79.9. The van der Waals surface area contributed by atoms with E-state index in [2.05, 4.69) is 20.8 Å². The lowest BCUT2D eigenvalue weighted by molar-refractivity contribution is 0.199. The summed E-state index contributed by atoms with van der Waals surface area (Å²) in [5, 5.41) is 0. The molecule has 1 saturated heterocycles. The van der Waals surface area contributed by atoms with Gasteiger partial charge in [-0.25, -0.2) is 0 Å². The van der Waals surface area contributed by atoms with Crippen LogP contribution in [-0.4, -0.2) is 37.2 Å². The van der Waals surface area contributed by atoms with Crippen LogP contribution in [0, 0.1) is 0 Å². The average molecular weight is 336 g/mol. The number of hydrogen-bond acceptors (Lipinski definition) is 3. The van der Waals surface area contributed by atoms with Crippen LogP contribution in [0.4, 0.5) is 0 Å². The fourth-order valence-corrected chi connectivity index (χ4v) is 2.67. The zero-order chi connectivity index (χ0) is 12.1. The SMILES string of the molecule is Cl.NCC1CCCN1CCOc1cccc(Br)c1. The maximum Gasteiger partial charge on any atom is 0.120 e. The largest absolute Gasteiger partial charge is 0.492 e. The quantitative estimate of drug-likeness (QED) is 0.899. The van der Waals surface area contributed by atoms with E-state index in [1.165, 1.54) is 12.8 Å². The van der Waals surface area contributed by atoms with Crippen LogP contribution in [0.1, 0.15) is 12.8 Å². The third-order valence-electron chi connectivity index (χ3n) is 3.21. The van der Waals surface area contributed by atoms with E-state index in [0.29, 0.717) is 6.04 Å². The molecule has 3 nitrogen and oxygen atoms in total. The van der Waals surface area contributed by atoms with Crippen LogP contribution in [0.3, 0.4) is 0 Å². The normalized spacial score (nSPS) is 19.6. The molecule has 1 aliphatic heterocycles. The Kier molecular flexibility index (Phi) is 7.00. The first kappa shape index (κ1) is 15.8. The molecule has 1 atom stereocenters. The van der Waals surface area contributed by atoms with Crippen molar-refractivity contribution < 1.29 is 4.74 Å². The molecule has 1 aromatic carbocycles. The maximum atomic E-state index is 5.74. The third kappa shape index (κ3) is 4.43. The van der Waals surface area contributed by atoms with Gasteiger partial charge in [0.25, 0.3) is 0 Å². The Balaban J connectivity index is 0.00000162. The Morgan fingerprint density at radius 1 is 1.44 bits per heavy atom. The van der Waals surface area contributed by atoms with Crippen LogP contribution < -0.4 is 10.5 Å². The molecule has 1 aliphatic rings. The highest BCUT2D eigenvalue weighted by molar-refractivity contribution is 9.10. The number of ether oxygens (including phenoxy) is 1. The van der Waals surface area contributed by atoms with Crippen molar-refractivity contribution in [3.8, 4) is 5.75 Å². The lowest BCUT2D eigenvalue weighted by atomic mass is 10.2. The predicted octanol–water partition coefficient (Wildman–Crippen LogP) is 2.67.